The number of piperazine rings is 1. The maximum Gasteiger partial charge on any atom is 0.0652 e. The van der Waals surface area contributed by atoms with Crippen LogP contribution in [0.25, 0.3) is 0 Å². The average molecular weight is 288 g/mol. The summed E-state index contributed by atoms with van der Waals surface area (Å²) in [5.41, 5.74) is 1.04. The van der Waals surface area contributed by atoms with Gasteiger partial charge in [-0.3, -0.25) is 9.88 Å². The van der Waals surface area contributed by atoms with Gasteiger partial charge in [-0.15, -0.1) is 0 Å². The second kappa shape index (κ2) is 6.71. The van der Waals surface area contributed by atoms with Crippen LogP contribution in [-0.4, -0.2) is 36.1 Å². The minimum Gasteiger partial charge on any atom is -0.314 e. The summed E-state index contributed by atoms with van der Waals surface area (Å²) in [7, 11) is 0. The Morgan fingerprint density at radius 1 is 1.28 bits per heavy atom. The Balaban J connectivity index is 2.28. The Bertz CT molecular complexity index is 372. The van der Waals surface area contributed by atoms with E-state index in [1.165, 1.54) is 0 Å². The highest BCUT2D eigenvalue weighted by Crippen LogP contribution is 2.35. The molecule has 2 heterocycles. The van der Waals surface area contributed by atoms with Crippen LogP contribution in [0.2, 0.25) is 10.0 Å². The van der Waals surface area contributed by atoms with Crippen LogP contribution < -0.4 is 5.32 Å². The lowest BCUT2D eigenvalue weighted by Crippen LogP contribution is -2.45. The summed E-state index contributed by atoms with van der Waals surface area (Å²) in [5, 5.41) is 4.73. The van der Waals surface area contributed by atoms with Crippen LogP contribution in [-0.2, 0) is 0 Å². The number of nitrogens with one attached hydrogen (secondary N) is 1. The largest absolute Gasteiger partial charge is 0.314 e. The predicted molar refractivity (Wildman–Crippen MR) is 76.3 cm³/mol. The smallest absolute Gasteiger partial charge is 0.0652 e. The summed E-state index contributed by atoms with van der Waals surface area (Å²) >= 11 is 12.6. The first kappa shape index (κ1) is 14.1. The zero-order valence-corrected chi connectivity index (χ0v) is 12.1. The second-order valence-electron chi connectivity index (χ2n) is 4.61. The van der Waals surface area contributed by atoms with E-state index in [0.717, 1.165) is 44.6 Å². The van der Waals surface area contributed by atoms with Crippen LogP contribution >= 0.6 is 23.2 Å². The highest BCUT2D eigenvalue weighted by Gasteiger charge is 2.25. The van der Waals surface area contributed by atoms with Crippen molar-refractivity contribution in [2.24, 2.45) is 0 Å². The first-order valence-electron chi connectivity index (χ1n) is 6.47. The van der Waals surface area contributed by atoms with Crippen molar-refractivity contribution in [1.29, 1.82) is 0 Å². The molecule has 2 rings (SSSR count). The standard InChI is InChI=1S/C13H19Cl2N3/c1-2-3-12(18-6-4-16-5-7-18)13-10(14)8-17-9-11(13)15/h8-9,12,16H,2-7H2,1H3/t12-/m0/s1. The molecular weight excluding hydrogens is 269 g/mol. The first-order valence-corrected chi connectivity index (χ1v) is 7.23. The summed E-state index contributed by atoms with van der Waals surface area (Å²) in [4.78, 5) is 6.50. The molecule has 1 fully saturated rings. The molecule has 18 heavy (non-hydrogen) atoms. The van der Waals surface area contributed by atoms with Gasteiger partial charge in [-0.25, -0.2) is 0 Å². The van der Waals surface area contributed by atoms with E-state index in [1.54, 1.807) is 12.4 Å². The molecule has 0 saturated carbocycles. The quantitative estimate of drug-likeness (QED) is 0.922. The van der Waals surface area contributed by atoms with Gasteiger partial charge in [-0.2, -0.15) is 0 Å². The Morgan fingerprint density at radius 3 is 2.44 bits per heavy atom. The maximum absolute atomic E-state index is 6.29. The summed E-state index contributed by atoms with van der Waals surface area (Å²) in [5.74, 6) is 0. The lowest BCUT2D eigenvalue weighted by Gasteiger charge is -2.35. The van der Waals surface area contributed by atoms with Crippen molar-refractivity contribution in [2.45, 2.75) is 25.8 Å². The van der Waals surface area contributed by atoms with Crippen molar-refractivity contribution in [3.63, 3.8) is 0 Å². The third kappa shape index (κ3) is 3.15. The Morgan fingerprint density at radius 2 is 1.89 bits per heavy atom. The minimum atomic E-state index is 0.306. The van der Waals surface area contributed by atoms with Gasteiger partial charge in [-0.05, 0) is 6.42 Å². The van der Waals surface area contributed by atoms with Crippen LogP contribution in [0.1, 0.15) is 31.4 Å². The number of halogens is 2. The minimum absolute atomic E-state index is 0.306. The van der Waals surface area contributed by atoms with Gasteiger partial charge in [0.15, 0.2) is 0 Å². The molecule has 1 aliphatic heterocycles. The van der Waals surface area contributed by atoms with Crippen LogP contribution in [0.15, 0.2) is 12.4 Å². The SMILES string of the molecule is CCC[C@@H](c1c(Cl)cncc1Cl)N1CCNCC1. The highest BCUT2D eigenvalue weighted by atomic mass is 35.5. The van der Waals surface area contributed by atoms with Gasteiger partial charge in [-0.1, -0.05) is 36.5 Å². The molecule has 1 aliphatic rings. The van der Waals surface area contributed by atoms with Crippen LogP contribution in [0.5, 0.6) is 0 Å². The van der Waals surface area contributed by atoms with E-state index in [9.17, 15) is 0 Å². The van der Waals surface area contributed by atoms with Crippen molar-refractivity contribution in [2.75, 3.05) is 26.2 Å². The molecule has 0 amide bonds. The van der Waals surface area contributed by atoms with E-state index in [1.807, 2.05) is 0 Å². The molecule has 0 aliphatic carbocycles. The van der Waals surface area contributed by atoms with Crippen molar-refractivity contribution in [1.82, 2.24) is 15.2 Å². The Hall–Kier alpha value is -0.350. The second-order valence-corrected chi connectivity index (χ2v) is 5.42. The van der Waals surface area contributed by atoms with E-state index in [4.69, 9.17) is 23.2 Å². The van der Waals surface area contributed by atoms with Crippen molar-refractivity contribution < 1.29 is 0 Å². The zero-order chi connectivity index (χ0) is 13.0. The molecule has 100 valence electrons. The van der Waals surface area contributed by atoms with E-state index >= 15 is 0 Å². The van der Waals surface area contributed by atoms with Crippen LogP contribution in [0.3, 0.4) is 0 Å². The van der Waals surface area contributed by atoms with E-state index < -0.39 is 0 Å². The van der Waals surface area contributed by atoms with Gasteiger partial charge < -0.3 is 5.32 Å². The van der Waals surface area contributed by atoms with Gasteiger partial charge in [0, 0.05) is 50.2 Å². The lowest BCUT2D eigenvalue weighted by molar-refractivity contribution is 0.164. The Kier molecular flexibility index (Phi) is 5.25. The number of pyridine rings is 1. The average Bonchev–Trinajstić information content (AvgIpc) is 2.38. The normalized spacial score (nSPS) is 18.8. The third-order valence-corrected chi connectivity index (χ3v) is 3.98. The fraction of sp³-hybridized carbons (Fsp3) is 0.615. The molecule has 1 atom stereocenters. The summed E-state index contributed by atoms with van der Waals surface area (Å²) in [6.45, 7) is 6.33. The van der Waals surface area contributed by atoms with E-state index in [-0.39, 0.29) is 0 Å². The monoisotopic (exact) mass is 287 g/mol. The summed E-state index contributed by atoms with van der Waals surface area (Å²) in [6, 6.07) is 0.306. The molecule has 3 nitrogen and oxygen atoms in total. The maximum atomic E-state index is 6.29. The fourth-order valence-corrected chi connectivity index (χ4v) is 3.13. The molecule has 0 unspecified atom stereocenters. The molecule has 0 spiro atoms. The van der Waals surface area contributed by atoms with Gasteiger partial charge in [0.1, 0.15) is 0 Å². The van der Waals surface area contributed by atoms with Crippen molar-refractivity contribution >= 4 is 23.2 Å². The van der Waals surface area contributed by atoms with E-state index in [0.29, 0.717) is 16.1 Å². The molecule has 0 bridgehead atoms. The van der Waals surface area contributed by atoms with Gasteiger partial charge >= 0.3 is 0 Å². The fourth-order valence-electron chi connectivity index (χ4n) is 2.52. The predicted octanol–water partition coefficient (Wildman–Crippen LogP) is 3.13. The Labute approximate surface area is 118 Å². The highest BCUT2D eigenvalue weighted by molar-refractivity contribution is 6.35. The molecule has 0 aromatic carbocycles. The lowest BCUT2D eigenvalue weighted by atomic mass is 10.0. The molecule has 1 N–H and O–H groups in total. The first-order chi connectivity index (χ1) is 8.74. The molecular formula is C13H19Cl2N3. The molecule has 0 radical (unpaired) electrons. The number of nitrogens with zero attached hydrogens (tertiary/aromatic N) is 2. The topological polar surface area (TPSA) is 28.2 Å². The van der Waals surface area contributed by atoms with Gasteiger partial charge in [0.2, 0.25) is 0 Å². The van der Waals surface area contributed by atoms with Gasteiger partial charge in [0.05, 0.1) is 10.0 Å². The molecule has 1 aromatic rings. The van der Waals surface area contributed by atoms with Gasteiger partial charge in [0.25, 0.3) is 0 Å². The third-order valence-electron chi connectivity index (χ3n) is 3.38. The van der Waals surface area contributed by atoms with Crippen LogP contribution in [0.4, 0.5) is 0 Å². The zero-order valence-electron chi connectivity index (χ0n) is 10.6. The summed E-state index contributed by atoms with van der Waals surface area (Å²) < 4.78 is 0. The number of rotatable bonds is 4. The van der Waals surface area contributed by atoms with Crippen LogP contribution in [0, 0.1) is 0 Å². The summed E-state index contributed by atoms with van der Waals surface area (Å²) in [6.07, 6.45) is 5.56. The molecule has 5 heteroatoms. The number of hydrogen-bond acceptors (Lipinski definition) is 3. The number of hydrogen-bond donors (Lipinski definition) is 1. The van der Waals surface area contributed by atoms with E-state index in [2.05, 4.69) is 22.1 Å². The molecule has 1 saturated heterocycles. The molecule has 1 aromatic heterocycles. The van der Waals surface area contributed by atoms with Crippen molar-refractivity contribution in [3.05, 3.63) is 28.0 Å². The number of aromatic nitrogens is 1. The van der Waals surface area contributed by atoms with Crippen molar-refractivity contribution in [3.8, 4) is 0 Å².